The van der Waals surface area contributed by atoms with Crippen molar-refractivity contribution in [3.05, 3.63) is 78.5 Å². The lowest BCUT2D eigenvalue weighted by atomic mass is 9.65. The standard InChI is InChI=1S/C22H14F2N4.C9H16/c23-15-8-16-17(11-26-21(16)18(24)9-15)22-27-19(10-20(25)28-22)14-6-5-12-3-1-2-4-13(12)7-14;1-7-6-8-2-4-9(7)5-3-8/h1-11,26H,(H2,25,27,28);7-9H,2-6H2,1H3. The molecule has 3 aliphatic rings. The molecule has 3 fully saturated rings. The van der Waals surface area contributed by atoms with Gasteiger partial charge in [0.25, 0.3) is 0 Å². The molecular formula is C31H30F2N4. The van der Waals surface area contributed by atoms with Gasteiger partial charge in [0.2, 0.25) is 0 Å². The van der Waals surface area contributed by atoms with Gasteiger partial charge in [-0.3, -0.25) is 0 Å². The number of nitrogens with one attached hydrogen (secondary N) is 1. The molecular weight excluding hydrogens is 466 g/mol. The zero-order chi connectivity index (χ0) is 25.5. The molecule has 0 amide bonds. The molecule has 3 aromatic carbocycles. The minimum absolute atomic E-state index is 0.203. The summed E-state index contributed by atoms with van der Waals surface area (Å²) in [6, 6.07) is 17.8. The van der Waals surface area contributed by atoms with Crippen molar-refractivity contribution in [3.8, 4) is 22.6 Å². The molecule has 0 radical (unpaired) electrons. The highest BCUT2D eigenvalue weighted by atomic mass is 19.1. The maximum absolute atomic E-state index is 14.0. The first-order valence-corrected chi connectivity index (χ1v) is 13.0. The van der Waals surface area contributed by atoms with Gasteiger partial charge in [0, 0.05) is 34.8 Å². The Bertz CT molecular complexity index is 1580. The summed E-state index contributed by atoms with van der Waals surface area (Å²) < 4.78 is 27.7. The lowest BCUT2D eigenvalue weighted by Crippen LogP contribution is -2.29. The summed E-state index contributed by atoms with van der Waals surface area (Å²) in [5, 5.41) is 2.57. The Morgan fingerprint density at radius 2 is 1.68 bits per heavy atom. The topological polar surface area (TPSA) is 67.6 Å². The summed E-state index contributed by atoms with van der Waals surface area (Å²) in [5.74, 6) is 2.57. The van der Waals surface area contributed by atoms with Crippen LogP contribution in [-0.2, 0) is 0 Å². The van der Waals surface area contributed by atoms with E-state index in [1.54, 1.807) is 44.4 Å². The van der Waals surface area contributed by atoms with Crippen LogP contribution in [0.2, 0.25) is 0 Å². The van der Waals surface area contributed by atoms with E-state index in [1.807, 2.05) is 42.5 Å². The largest absolute Gasteiger partial charge is 0.384 e. The van der Waals surface area contributed by atoms with Crippen molar-refractivity contribution in [1.82, 2.24) is 15.0 Å². The number of benzene rings is 3. The smallest absolute Gasteiger partial charge is 0.164 e. The molecule has 0 saturated heterocycles. The highest BCUT2D eigenvalue weighted by molar-refractivity contribution is 5.95. The van der Waals surface area contributed by atoms with E-state index in [0.29, 0.717) is 22.5 Å². The molecule has 0 aliphatic heterocycles. The number of hydrogen-bond donors (Lipinski definition) is 2. The van der Waals surface area contributed by atoms with Gasteiger partial charge in [0.1, 0.15) is 17.5 Å². The zero-order valence-electron chi connectivity index (χ0n) is 20.8. The van der Waals surface area contributed by atoms with Crippen LogP contribution in [0, 0.1) is 29.4 Å². The number of rotatable bonds is 2. The maximum atomic E-state index is 14.0. The first-order chi connectivity index (χ1) is 17.9. The van der Waals surface area contributed by atoms with Crippen LogP contribution in [0.3, 0.4) is 0 Å². The number of nitrogens with zero attached hydrogens (tertiary/aromatic N) is 2. The molecule has 6 heteroatoms. The molecule has 1 atom stereocenters. The average Bonchev–Trinajstić information content (AvgIpc) is 3.33. The molecule has 5 aromatic rings. The van der Waals surface area contributed by atoms with E-state index in [-0.39, 0.29) is 11.3 Å². The third-order valence-corrected chi connectivity index (χ3v) is 8.14. The van der Waals surface area contributed by atoms with Crippen LogP contribution >= 0.6 is 0 Å². The number of aromatic amines is 1. The van der Waals surface area contributed by atoms with Crippen molar-refractivity contribution in [2.75, 3.05) is 5.73 Å². The predicted molar refractivity (Wildman–Crippen MR) is 146 cm³/mol. The van der Waals surface area contributed by atoms with E-state index in [1.165, 1.54) is 6.07 Å². The Morgan fingerprint density at radius 1 is 0.892 bits per heavy atom. The molecule has 3 saturated carbocycles. The highest BCUT2D eigenvalue weighted by Crippen LogP contribution is 2.44. The van der Waals surface area contributed by atoms with Gasteiger partial charge < -0.3 is 10.7 Å². The molecule has 0 spiro atoms. The van der Waals surface area contributed by atoms with E-state index in [4.69, 9.17) is 5.73 Å². The van der Waals surface area contributed by atoms with Crippen LogP contribution in [0.5, 0.6) is 0 Å². The van der Waals surface area contributed by atoms with Crippen molar-refractivity contribution < 1.29 is 8.78 Å². The number of nitrogens with two attached hydrogens (primary N) is 1. The van der Waals surface area contributed by atoms with Crippen molar-refractivity contribution in [1.29, 1.82) is 0 Å². The van der Waals surface area contributed by atoms with Gasteiger partial charge in [-0.1, -0.05) is 56.2 Å². The fourth-order valence-electron chi connectivity index (χ4n) is 6.13. The average molecular weight is 497 g/mol. The van der Waals surface area contributed by atoms with E-state index in [2.05, 4.69) is 21.9 Å². The lowest BCUT2D eigenvalue weighted by molar-refractivity contribution is 0.111. The fourth-order valence-corrected chi connectivity index (χ4v) is 6.13. The number of hydrogen-bond acceptors (Lipinski definition) is 3. The number of nitrogen functional groups attached to an aromatic ring is 1. The molecule has 3 aliphatic carbocycles. The second-order valence-corrected chi connectivity index (χ2v) is 10.6. The minimum Gasteiger partial charge on any atom is -0.384 e. The van der Waals surface area contributed by atoms with E-state index in [0.717, 1.165) is 40.2 Å². The molecule has 1 unspecified atom stereocenters. The summed E-state index contributed by atoms with van der Waals surface area (Å²) >= 11 is 0. The third kappa shape index (κ3) is 4.68. The molecule has 2 heterocycles. The quantitative estimate of drug-likeness (QED) is 0.259. The zero-order valence-corrected chi connectivity index (χ0v) is 20.8. The maximum Gasteiger partial charge on any atom is 0.164 e. The molecule has 8 rings (SSSR count). The number of aromatic nitrogens is 3. The van der Waals surface area contributed by atoms with Crippen molar-refractivity contribution >= 4 is 27.5 Å². The monoisotopic (exact) mass is 496 g/mol. The molecule has 3 N–H and O–H groups in total. The van der Waals surface area contributed by atoms with Gasteiger partial charge in [-0.2, -0.15) is 0 Å². The summed E-state index contributed by atoms with van der Waals surface area (Å²) in [4.78, 5) is 11.7. The highest BCUT2D eigenvalue weighted by Gasteiger charge is 2.32. The summed E-state index contributed by atoms with van der Waals surface area (Å²) in [6.45, 7) is 2.44. The van der Waals surface area contributed by atoms with E-state index in [9.17, 15) is 8.78 Å². The van der Waals surface area contributed by atoms with Crippen molar-refractivity contribution in [2.24, 2.45) is 17.8 Å². The molecule has 4 nitrogen and oxygen atoms in total. The van der Waals surface area contributed by atoms with Crippen LogP contribution in [0.1, 0.15) is 39.0 Å². The van der Waals surface area contributed by atoms with Gasteiger partial charge in [0.15, 0.2) is 5.82 Å². The van der Waals surface area contributed by atoms with Crippen LogP contribution in [-0.4, -0.2) is 15.0 Å². The van der Waals surface area contributed by atoms with Gasteiger partial charge in [0.05, 0.1) is 11.2 Å². The van der Waals surface area contributed by atoms with Crippen molar-refractivity contribution in [3.63, 3.8) is 0 Å². The Hall–Kier alpha value is -3.80. The molecule has 188 valence electrons. The Balaban J connectivity index is 0.000000235. The summed E-state index contributed by atoms with van der Waals surface area (Å²) in [5.41, 5.74) is 8.22. The van der Waals surface area contributed by atoms with Crippen LogP contribution < -0.4 is 5.73 Å². The SMILES string of the molecule is CC1CC2CCC1CC2.Nc1cc(-c2ccc3ccccc3c2)nc(-c2c[nH]c3c(F)cc(F)cc23)n1. The van der Waals surface area contributed by atoms with Gasteiger partial charge in [-0.15, -0.1) is 0 Å². The first kappa shape index (κ1) is 23.6. The molecule has 2 bridgehead atoms. The molecule has 37 heavy (non-hydrogen) atoms. The summed E-state index contributed by atoms with van der Waals surface area (Å²) in [7, 11) is 0. The van der Waals surface area contributed by atoms with Crippen LogP contribution in [0.25, 0.3) is 44.3 Å². The fraction of sp³-hybridized carbons (Fsp3) is 0.290. The lowest BCUT2D eigenvalue weighted by Gasteiger charge is -2.40. The van der Waals surface area contributed by atoms with Gasteiger partial charge in [-0.25, -0.2) is 18.7 Å². The third-order valence-electron chi connectivity index (χ3n) is 8.14. The molecule has 2 aromatic heterocycles. The Labute approximate surface area is 215 Å². The first-order valence-electron chi connectivity index (χ1n) is 13.0. The number of H-pyrrole nitrogens is 1. The van der Waals surface area contributed by atoms with E-state index < -0.39 is 11.6 Å². The normalized spacial score (nSPS) is 20.7. The second-order valence-electron chi connectivity index (χ2n) is 10.6. The van der Waals surface area contributed by atoms with E-state index >= 15 is 0 Å². The van der Waals surface area contributed by atoms with Gasteiger partial charge in [-0.05, 0) is 59.9 Å². The van der Waals surface area contributed by atoms with Crippen LogP contribution in [0.4, 0.5) is 14.6 Å². The number of halogens is 2. The van der Waals surface area contributed by atoms with Gasteiger partial charge >= 0.3 is 0 Å². The minimum atomic E-state index is -0.667. The van der Waals surface area contributed by atoms with Crippen LogP contribution in [0.15, 0.2) is 66.9 Å². The Morgan fingerprint density at radius 3 is 2.38 bits per heavy atom. The second kappa shape index (κ2) is 9.58. The predicted octanol–water partition coefficient (Wildman–Crippen LogP) is 8.14. The summed E-state index contributed by atoms with van der Waals surface area (Å²) in [6.07, 6.45) is 9.30. The number of fused-ring (bicyclic) bond motifs is 5. The van der Waals surface area contributed by atoms with Crippen molar-refractivity contribution in [2.45, 2.75) is 39.0 Å². The number of anilines is 1. The Kier molecular flexibility index (Phi) is 6.11.